The highest BCUT2D eigenvalue weighted by molar-refractivity contribution is 5.99. The normalized spacial score (nSPS) is 17.3. The number of hydrazone groups is 1. The molecule has 0 saturated heterocycles. The van der Waals surface area contributed by atoms with Crippen molar-refractivity contribution in [2.24, 2.45) is 5.10 Å². The third-order valence-corrected chi connectivity index (χ3v) is 4.36. The summed E-state index contributed by atoms with van der Waals surface area (Å²) in [6.45, 7) is 4.05. The highest BCUT2D eigenvalue weighted by atomic mass is 16.5. The van der Waals surface area contributed by atoms with Gasteiger partial charge in [-0.15, -0.1) is 0 Å². The Labute approximate surface area is 160 Å². The van der Waals surface area contributed by atoms with E-state index in [-0.39, 0.29) is 12.0 Å². The Balaban J connectivity index is 1.86. The van der Waals surface area contributed by atoms with Crippen molar-refractivity contribution in [1.29, 1.82) is 0 Å². The maximum absolute atomic E-state index is 11.9. The van der Waals surface area contributed by atoms with Crippen molar-refractivity contribution in [3.05, 3.63) is 89.6 Å². The molecule has 0 N–H and O–H groups in total. The number of allylic oxidation sites excluding steroid dienone is 2. The van der Waals surface area contributed by atoms with Crippen molar-refractivity contribution in [1.82, 2.24) is 5.01 Å². The first-order valence-corrected chi connectivity index (χ1v) is 9.17. The van der Waals surface area contributed by atoms with Crippen molar-refractivity contribution in [3.8, 4) is 0 Å². The molecule has 0 aliphatic carbocycles. The van der Waals surface area contributed by atoms with Crippen LogP contribution in [0.15, 0.2) is 83.6 Å². The summed E-state index contributed by atoms with van der Waals surface area (Å²) in [6, 6.07) is 20.4. The monoisotopic (exact) mass is 360 g/mol. The zero-order valence-electron chi connectivity index (χ0n) is 15.7. The molecule has 0 fully saturated rings. The van der Waals surface area contributed by atoms with Gasteiger partial charge in [0.05, 0.1) is 18.4 Å². The molecule has 0 amide bonds. The van der Waals surface area contributed by atoms with Gasteiger partial charge < -0.3 is 4.74 Å². The maximum Gasteiger partial charge on any atom is 0.332 e. The Morgan fingerprint density at radius 1 is 1.11 bits per heavy atom. The average Bonchev–Trinajstić information content (AvgIpc) is 3.12. The summed E-state index contributed by atoms with van der Waals surface area (Å²) in [7, 11) is 0. The van der Waals surface area contributed by atoms with Gasteiger partial charge in [-0.2, -0.15) is 5.10 Å². The predicted molar refractivity (Wildman–Crippen MR) is 109 cm³/mol. The molecule has 0 bridgehead atoms. The molecule has 0 saturated carbocycles. The molecule has 1 heterocycles. The number of hydrogen-bond acceptors (Lipinski definition) is 4. The molecule has 1 aliphatic heterocycles. The number of nitrogens with zero attached hydrogens (tertiary/aromatic N) is 2. The van der Waals surface area contributed by atoms with Gasteiger partial charge in [-0.3, -0.25) is 5.01 Å². The van der Waals surface area contributed by atoms with Gasteiger partial charge in [-0.1, -0.05) is 66.7 Å². The van der Waals surface area contributed by atoms with Gasteiger partial charge in [0.2, 0.25) is 0 Å². The van der Waals surface area contributed by atoms with Crippen LogP contribution in [0.2, 0.25) is 0 Å². The molecular formula is C23H24N2O2. The molecule has 0 spiro atoms. The first-order chi connectivity index (χ1) is 13.2. The van der Waals surface area contributed by atoms with Crippen LogP contribution >= 0.6 is 0 Å². The molecule has 1 unspecified atom stereocenters. The van der Waals surface area contributed by atoms with E-state index in [0.29, 0.717) is 6.61 Å². The number of carbonyl (C=O) groups excluding carboxylic acids is 1. The molecule has 4 nitrogen and oxygen atoms in total. The Morgan fingerprint density at radius 2 is 1.78 bits per heavy atom. The van der Waals surface area contributed by atoms with Gasteiger partial charge in [-0.05, 0) is 31.1 Å². The number of hydrogen-bond donors (Lipinski definition) is 0. The molecular weight excluding hydrogens is 336 g/mol. The fourth-order valence-corrected chi connectivity index (χ4v) is 3.07. The quantitative estimate of drug-likeness (QED) is 0.539. The third kappa shape index (κ3) is 4.94. The van der Waals surface area contributed by atoms with Gasteiger partial charge in [0, 0.05) is 18.2 Å². The molecule has 138 valence electrons. The molecule has 1 atom stereocenters. The molecule has 0 radical (unpaired) electrons. The number of esters is 1. The topological polar surface area (TPSA) is 41.9 Å². The fraction of sp³-hybridized carbons (Fsp3) is 0.217. The highest BCUT2D eigenvalue weighted by Crippen LogP contribution is 2.34. The van der Waals surface area contributed by atoms with Crippen LogP contribution in [0.1, 0.15) is 37.4 Å². The second kappa shape index (κ2) is 8.99. The van der Waals surface area contributed by atoms with Crippen molar-refractivity contribution in [3.63, 3.8) is 0 Å². The van der Waals surface area contributed by atoms with Crippen LogP contribution in [0.3, 0.4) is 0 Å². The van der Waals surface area contributed by atoms with Crippen LogP contribution in [0.25, 0.3) is 6.08 Å². The molecule has 2 aromatic carbocycles. The van der Waals surface area contributed by atoms with E-state index in [4.69, 9.17) is 9.84 Å². The summed E-state index contributed by atoms with van der Waals surface area (Å²) in [6.07, 6.45) is 6.39. The maximum atomic E-state index is 11.9. The van der Waals surface area contributed by atoms with E-state index in [1.165, 1.54) is 11.6 Å². The van der Waals surface area contributed by atoms with E-state index in [1.54, 1.807) is 6.92 Å². The van der Waals surface area contributed by atoms with Crippen molar-refractivity contribution in [2.75, 3.05) is 6.61 Å². The Morgan fingerprint density at radius 3 is 2.44 bits per heavy atom. The minimum atomic E-state index is -0.342. The standard InChI is InChI=1S/C23H24N2O2/c1-3-27-23(26)16-18(2)25-22(20-12-8-5-9-13-20)17-21(24-25)15-14-19-10-6-4-7-11-19/h4-16,22H,3,17H2,1-2H3. The van der Waals surface area contributed by atoms with Crippen molar-refractivity contribution in [2.45, 2.75) is 26.3 Å². The Hall–Kier alpha value is -3.14. The van der Waals surface area contributed by atoms with E-state index in [9.17, 15) is 4.79 Å². The largest absolute Gasteiger partial charge is 0.463 e. The third-order valence-electron chi connectivity index (χ3n) is 4.36. The van der Waals surface area contributed by atoms with Crippen LogP contribution < -0.4 is 0 Å². The summed E-state index contributed by atoms with van der Waals surface area (Å²) in [5.41, 5.74) is 4.05. The van der Waals surface area contributed by atoms with E-state index in [2.05, 4.69) is 30.3 Å². The molecule has 0 aromatic heterocycles. The summed E-state index contributed by atoms with van der Waals surface area (Å²) in [5, 5.41) is 6.67. The first-order valence-electron chi connectivity index (χ1n) is 9.17. The zero-order chi connectivity index (χ0) is 19.1. The predicted octanol–water partition coefficient (Wildman–Crippen LogP) is 4.97. The van der Waals surface area contributed by atoms with Crippen LogP contribution in [-0.4, -0.2) is 23.3 Å². The van der Waals surface area contributed by atoms with Crippen LogP contribution in [-0.2, 0) is 9.53 Å². The van der Waals surface area contributed by atoms with Crippen LogP contribution in [0.5, 0.6) is 0 Å². The SMILES string of the molecule is CCOC(=O)C=C(C)N1N=C(C=Cc2ccccc2)CC1c1ccccc1. The Kier molecular flexibility index (Phi) is 6.21. The fourth-order valence-electron chi connectivity index (χ4n) is 3.07. The lowest BCUT2D eigenvalue weighted by Crippen LogP contribution is -2.18. The molecule has 4 heteroatoms. The summed E-state index contributed by atoms with van der Waals surface area (Å²) in [5.74, 6) is -0.342. The van der Waals surface area contributed by atoms with E-state index in [0.717, 1.165) is 23.4 Å². The zero-order valence-corrected chi connectivity index (χ0v) is 15.7. The van der Waals surface area contributed by atoms with E-state index >= 15 is 0 Å². The number of rotatable bonds is 6. The number of carbonyl (C=O) groups is 1. The van der Waals surface area contributed by atoms with Gasteiger partial charge in [-0.25, -0.2) is 4.79 Å². The van der Waals surface area contributed by atoms with Crippen molar-refractivity contribution < 1.29 is 9.53 Å². The average molecular weight is 360 g/mol. The summed E-state index contributed by atoms with van der Waals surface area (Å²) >= 11 is 0. The van der Waals surface area contributed by atoms with E-state index < -0.39 is 0 Å². The molecule has 3 rings (SSSR count). The van der Waals surface area contributed by atoms with Gasteiger partial charge in [0.25, 0.3) is 0 Å². The molecule has 2 aromatic rings. The Bertz CT molecular complexity index is 854. The van der Waals surface area contributed by atoms with Crippen LogP contribution in [0.4, 0.5) is 0 Å². The lowest BCUT2D eigenvalue weighted by Gasteiger charge is -2.24. The minimum absolute atomic E-state index is 0.0623. The van der Waals surface area contributed by atoms with E-state index in [1.807, 2.05) is 54.4 Å². The molecule has 27 heavy (non-hydrogen) atoms. The highest BCUT2D eigenvalue weighted by Gasteiger charge is 2.28. The second-order valence-electron chi connectivity index (χ2n) is 6.35. The second-order valence-corrected chi connectivity index (χ2v) is 6.35. The first kappa shape index (κ1) is 18.6. The van der Waals surface area contributed by atoms with Gasteiger partial charge in [0.15, 0.2) is 0 Å². The smallest absolute Gasteiger partial charge is 0.332 e. The number of benzene rings is 2. The lowest BCUT2D eigenvalue weighted by molar-refractivity contribution is -0.137. The van der Waals surface area contributed by atoms with Gasteiger partial charge >= 0.3 is 5.97 Å². The molecule has 1 aliphatic rings. The lowest BCUT2D eigenvalue weighted by atomic mass is 10.0. The van der Waals surface area contributed by atoms with Crippen LogP contribution in [0, 0.1) is 0 Å². The summed E-state index contributed by atoms with van der Waals surface area (Å²) < 4.78 is 5.04. The summed E-state index contributed by atoms with van der Waals surface area (Å²) in [4.78, 5) is 11.9. The van der Waals surface area contributed by atoms with Gasteiger partial charge in [0.1, 0.15) is 0 Å². The minimum Gasteiger partial charge on any atom is -0.463 e. The van der Waals surface area contributed by atoms with Crippen molar-refractivity contribution >= 4 is 17.8 Å². The number of ether oxygens (including phenoxy) is 1.